The van der Waals surface area contributed by atoms with Crippen molar-refractivity contribution in [1.82, 2.24) is 9.38 Å². The van der Waals surface area contributed by atoms with Gasteiger partial charge in [0.05, 0.1) is 16.8 Å². The monoisotopic (exact) mass is 372 g/mol. The van der Waals surface area contributed by atoms with Gasteiger partial charge in [0.1, 0.15) is 11.4 Å². The van der Waals surface area contributed by atoms with Crippen LogP contribution in [-0.2, 0) is 15.5 Å². The van der Waals surface area contributed by atoms with E-state index < -0.39 is 17.6 Å². The maximum absolute atomic E-state index is 15.1. The molecule has 0 saturated heterocycles. The molecule has 0 bridgehead atoms. The van der Waals surface area contributed by atoms with E-state index >= 15 is 8.78 Å². The molecule has 0 saturated carbocycles. The first kappa shape index (κ1) is 16.7. The lowest BCUT2D eigenvalue weighted by molar-refractivity contribution is -0.173. The molecule has 0 aliphatic heterocycles. The zero-order valence-electron chi connectivity index (χ0n) is 13.8. The van der Waals surface area contributed by atoms with E-state index in [9.17, 15) is 4.79 Å². The van der Waals surface area contributed by atoms with Crippen LogP contribution < -0.4 is 0 Å². The lowest BCUT2D eigenvalue weighted by atomic mass is 10.1. The third-order valence-corrected chi connectivity index (χ3v) is 5.05. The van der Waals surface area contributed by atoms with Gasteiger partial charge in [0.25, 0.3) is 0 Å². The molecule has 2 aromatic heterocycles. The van der Waals surface area contributed by atoms with E-state index in [1.165, 1.54) is 22.7 Å². The number of fused-ring (bicyclic) bond motifs is 3. The second kappa shape index (κ2) is 6.17. The highest BCUT2D eigenvalue weighted by Gasteiger charge is 2.48. The number of ether oxygens (including phenoxy) is 1. The van der Waals surface area contributed by atoms with Crippen molar-refractivity contribution >= 4 is 32.5 Å². The van der Waals surface area contributed by atoms with Gasteiger partial charge in [-0.05, 0) is 19.1 Å². The lowest BCUT2D eigenvalue weighted by Crippen LogP contribution is -2.30. The zero-order valence-corrected chi connectivity index (χ0v) is 14.6. The van der Waals surface area contributed by atoms with Crippen LogP contribution in [-0.4, -0.2) is 22.0 Å². The van der Waals surface area contributed by atoms with E-state index in [2.05, 4.69) is 9.72 Å². The molecule has 4 rings (SSSR count). The molecule has 0 atom stereocenters. The molecule has 0 unspecified atom stereocenters. The van der Waals surface area contributed by atoms with Gasteiger partial charge < -0.3 is 4.74 Å². The molecule has 0 spiro atoms. The minimum absolute atomic E-state index is 0.0839. The quantitative estimate of drug-likeness (QED) is 0.480. The Hall–Kier alpha value is -2.80. The van der Waals surface area contributed by atoms with Crippen LogP contribution in [0.2, 0.25) is 0 Å². The number of para-hydroxylation sites is 1. The molecule has 2 heterocycles. The van der Waals surface area contributed by atoms with Gasteiger partial charge in [-0.3, -0.25) is 4.40 Å². The van der Waals surface area contributed by atoms with E-state index in [1.54, 1.807) is 42.5 Å². The first-order chi connectivity index (χ1) is 12.5. The summed E-state index contributed by atoms with van der Waals surface area (Å²) < 4.78 is 37.0. The van der Waals surface area contributed by atoms with Crippen molar-refractivity contribution in [3.8, 4) is 11.3 Å². The van der Waals surface area contributed by atoms with Crippen LogP contribution in [0.5, 0.6) is 0 Å². The summed E-state index contributed by atoms with van der Waals surface area (Å²) in [6, 6.07) is 15.8. The fraction of sp³-hybridized carbons (Fsp3) is 0.158. The number of nitrogens with zero attached hydrogens (tertiary/aromatic N) is 2. The Bertz CT molecular complexity index is 1100. The maximum atomic E-state index is 15.1. The fourth-order valence-corrected chi connectivity index (χ4v) is 3.95. The molecule has 4 nitrogen and oxygen atoms in total. The highest BCUT2D eigenvalue weighted by Crippen LogP contribution is 2.41. The Morgan fingerprint density at radius 1 is 1.15 bits per heavy atom. The molecule has 0 N–H and O–H groups in total. The van der Waals surface area contributed by atoms with Crippen LogP contribution in [0.4, 0.5) is 8.78 Å². The summed E-state index contributed by atoms with van der Waals surface area (Å²) in [6.45, 7) is 1.37. The maximum Gasteiger partial charge on any atom is 0.385 e. The van der Waals surface area contributed by atoms with Crippen LogP contribution >= 0.6 is 11.3 Å². The summed E-state index contributed by atoms with van der Waals surface area (Å²) in [5.74, 6) is -5.40. The number of halogens is 2. The number of aromatic nitrogens is 2. The van der Waals surface area contributed by atoms with Gasteiger partial charge in [-0.2, -0.15) is 8.78 Å². The van der Waals surface area contributed by atoms with Gasteiger partial charge >= 0.3 is 11.9 Å². The molecule has 132 valence electrons. The highest BCUT2D eigenvalue weighted by molar-refractivity contribution is 7.23. The number of esters is 1. The standard InChI is InChI=1S/C19H14F2N2O2S/c1-2-25-17(24)19(20,21)16-15(12-8-4-3-5-9-12)22-18-23(16)13-10-6-7-11-14(13)26-18/h3-11H,2H2,1H3. The summed E-state index contributed by atoms with van der Waals surface area (Å²) >= 11 is 1.30. The summed E-state index contributed by atoms with van der Waals surface area (Å²) in [5, 5.41) is 0. The number of carbonyl (C=O) groups is 1. The van der Waals surface area contributed by atoms with Crippen molar-refractivity contribution in [2.75, 3.05) is 6.61 Å². The number of thiazole rings is 1. The predicted molar refractivity (Wildman–Crippen MR) is 96.5 cm³/mol. The normalized spacial score (nSPS) is 12.0. The molecule has 0 radical (unpaired) electrons. The van der Waals surface area contributed by atoms with Gasteiger partial charge in [-0.1, -0.05) is 53.8 Å². The van der Waals surface area contributed by atoms with Gasteiger partial charge in [-0.25, -0.2) is 9.78 Å². The predicted octanol–water partition coefficient (Wildman–Crippen LogP) is 4.87. The molecule has 4 aromatic rings. The molecular weight excluding hydrogens is 358 g/mol. The molecule has 0 aliphatic rings. The first-order valence-corrected chi connectivity index (χ1v) is 8.86. The Kier molecular flexibility index (Phi) is 3.96. The molecule has 26 heavy (non-hydrogen) atoms. The Morgan fingerprint density at radius 2 is 1.85 bits per heavy atom. The van der Waals surface area contributed by atoms with E-state index in [0.717, 1.165) is 4.70 Å². The Morgan fingerprint density at radius 3 is 2.58 bits per heavy atom. The van der Waals surface area contributed by atoms with Crippen molar-refractivity contribution in [2.45, 2.75) is 12.8 Å². The second-order valence-corrected chi connectivity index (χ2v) is 6.67. The van der Waals surface area contributed by atoms with Gasteiger partial charge in [0.2, 0.25) is 0 Å². The summed E-state index contributed by atoms with van der Waals surface area (Å²) in [6.07, 6.45) is 0. The molecule has 0 amide bonds. The summed E-state index contributed by atoms with van der Waals surface area (Å²) in [4.78, 5) is 16.9. The average Bonchev–Trinajstić information content (AvgIpc) is 3.18. The van der Waals surface area contributed by atoms with Gasteiger partial charge in [0.15, 0.2) is 4.96 Å². The first-order valence-electron chi connectivity index (χ1n) is 8.05. The van der Waals surface area contributed by atoms with Crippen molar-refractivity contribution in [3.63, 3.8) is 0 Å². The third-order valence-electron chi connectivity index (χ3n) is 4.03. The highest BCUT2D eigenvalue weighted by atomic mass is 32.1. The minimum Gasteiger partial charge on any atom is -0.461 e. The average molecular weight is 372 g/mol. The summed E-state index contributed by atoms with van der Waals surface area (Å²) in [5.41, 5.74) is 0.725. The van der Waals surface area contributed by atoms with Crippen LogP contribution in [0, 0.1) is 0 Å². The fourth-order valence-electron chi connectivity index (χ4n) is 2.92. The van der Waals surface area contributed by atoms with Gasteiger partial charge in [-0.15, -0.1) is 0 Å². The molecule has 0 fully saturated rings. The third kappa shape index (κ3) is 2.47. The number of hydrogen-bond donors (Lipinski definition) is 0. The largest absolute Gasteiger partial charge is 0.461 e. The van der Waals surface area contributed by atoms with Crippen molar-refractivity contribution in [1.29, 1.82) is 0 Å². The van der Waals surface area contributed by atoms with Crippen LogP contribution in [0.1, 0.15) is 12.6 Å². The number of alkyl halides is 2. The van der Waals surface area contributed by atoms with Crippen LogP contribution in [0.15, 0.2) is 54.6 Å². The molecule has 0 aliphatic carbocycles. The SMILES string of the molecule is CCOC(=O)C(F)(F)c1c(-c2ccccc2)nc2sc3ccccc3n12. The lowest BCUT2D eigenvalue weighted by Gasteiger charge is -2.16. The Balaban J connectivity index is 2.07. The number of rotatable bonds is 4. The van der Waals surface area contributed by atoms with Crippen LogP contribution in [0.3, 0.4) is 0 Å². The minimum atomic E-state index is -3.83. The van der Waals surface area contributed by atoms with Crippen molar-refractivity contribution < 1.29 is 18.3 Å². The number of carbonyl (C=O) groups excluding carboxylic acids is 1. The smallest absolute Gasteiger partial charge is 0.385 e. The van der Waals surface area contributed by atoms with E-state index in [4.69, 9.17) is 0 Å². The van der Waals surface area contributed by atoms with Crippen LogP contribution in [0.25, 0.3) is 26.4 Å². The topological polar surface area (TPSA) is 43.6 Å². The van der Waals surface area contributed by atoms with E-state index in [-0.39, 0.29) is 12.3 Å². The van der Waals surface area contributed by atoms with Gasteiger partial charge in [0, 0.05) is 5.56 Å². The number of hydrogen-bond acceptors (Lipinski definition) is 4. The van der Waals surface area contributed by atoms with Crippen molar-refractivity contribution in [3.05, 3.63) is 60.3 Å². The zero-order chi connectivity index (χ0) is 18.3. The second-order valence-electron chi connectivity index (χ2n) is 5.66. The molecule has 2 aromatic carbocycles. The number of benzene rings is 2. The number of imidazole rings is 1. The Labute approximate surface area is 151 Å². The molecule has 7 heteroatoms. The van der Waals surface area contributed by atoms with Crippen molar-refractivity contribution in [2.24, 2.45) is 0 Å². The summed E-state index contributed by atoms with van der Waals surface area (Å²) in [7, 11) is 0. The molecular formula is C19H14F2N2O2S. The van der Waals surface area contributed by atoms with E-state index in [1.807, 2.05) is 12.1 Å². The van der Waals surface area contributed by atoms with E-state index in [0.29, 0.717) is 16.0 Å².